The van der Waals surface area contributed by atoms with E-state index in [4.69, 9.17) is 9.26 Å². The molecule has 130 valence electrons. The molecule has 0 unspecified atom stereocenters. The summed E-state index contributed by atoms with van der Waals surface area (Å²) in [7, 11) is 3.42. The largest absolute Gasteiger partial charge is 0.497 e. The highest BCUT2D eigenvalue weighted by atomic mass is 32.1. The Balaban J connectivity index is 1.51. The Morgan fingerprint density at radius 3 is 2.76 bits per heavy atom. The SMILES string of the molecule is COc1ccc(CN(C)C(=O)CCc2nc(-c3ccsc3)no2)cc1. The maximum atomic E-state index is 12.3. The molecule has 0 atom stereocenters. The highest BCUT2D eigenvalue weighted by molar-refractivity contribution is 7.08. The number of hydrogen-bond donors (Lipinski definition) is 0. The number of ether oxygens (including phenoxy) is 1. The normalized spacial score (nSPS) is 10.6. The van der Waals surface area contributed by atoms with Gasteiger partial charge < -0.3 is 14.2 Å². The van der Waals surface area contributed by atoms with Crippen LogP contribution in [0.1, 0.15) is 17.9 Å². The molecule has 0 radical (unpaired) electrons. The van der Waals surface area contributed by atoms with Gasteiger partial charge in [0, 0.05) is 37.4 Å². The summed E-state index contributed by atoms with van der Waals surface area (Å²) in [6, 6.07) is 9.62. The van der Waals surface area contributed by atoms with E-state index in [-0.39, 0.29) is 5.91 Å². The molecule has 0 aliphatic carbocycles. The van der Waals surface area contributed by atoms with Gasteiger partial charge in [0.05, 0.1) is 7.11 Å². The molecule has 0 fully saturated rings. The van der Waals surface area contributed by atoms with Gasteiger partial charge in [-0.25, -0.2) is 0 Å². The predicted octanol–water partition coefficient (Wildman–Crippen LogP) is 3.40. The van der Waals surface area contributed by atoms with E-state index in [1.165, 1.54) is 0 Å². The zero-order valence-corrected chi connectivity index (χ0v) is 15.0. The van der Waals surface area contributed by atoms with Crippen molar-refractivity contribution in [2.24, 2.45) is 0 Å². The number of aromatic nitrogens is 2. The fourth-order valence-electron chi connectivity index (χ4n) is 2.36. The van der Waals surface area contributed by atoms with Crippen molar-refractivity contribution in [1.29, 1.82) is 0 Å². The lowest BCUT2D eigenvalue weighted by molar-refractivity contribution is -0.130. The predicted molar refractivity (Wildman–Crippen MR) is 95.4 cm³/mol. The zero-order valence-electron chi connectivity index (χ0n) is 14.1. The topological polar surface area (TPSA) is 68.5 Å². The van der Waals surface area contributed by atoms with E-state index < -0.39 is 0 Å². The van der Waals surface area contributed by atoms with Gasteiger partial charge in [-0.05, 0) is 29.1 Å². The van der Waals surface area contributed by atoms with Crippen molar-refractivity contribution >= 4 is 17.2 Å². The van der Waals surface area contributed by atoms with Crippen LogP contribution >= 0.6 is 11.3 Å². The number of aryl methyl sites for hydroxylation is 1. The standard InChI is InChI=1S/C18H19N3O3S/c1-21(11-13-3-5-15(23-2)6-4-13)17(22)8-7-16-19-18(20-24-16)14-9-10-25-12-14/h3-6,9-10,12H,7-8,11H2,1-2H3. The van der Waals surface area contributed by atoms with E-state index in [2.05, 4.69) is 10.1 Å². The lowest BCUT2D eigenvalue weighted by Crippen LogP contribution is -2.26. The smallest absolute Gasteiger partial charge is 0.227 e. The first-order valence-electron chi connectivity index (χ1n) is 7.88. The molecule has 3 rings (SSSR count). The molecule has 0 bridgehead atoms. The first kappa shape index (κ1) is 17.2. The summed E-state index contributed by atoms with van der Waals surface area (Å²) in [5.74, 6) is 1.88. The third-order valence-corrected chi connectivity index (χ3v) is 4.49. The van der Waals surface area contributed by atoms with Gasteiger partial charge in [-0.1, -0.05) is 17.3 Å². The Labute approximate surface area is 150 Å². The quantitative estimate of drug-likeness (QED) is 0.648. The van der Waals surface area contributed by atoms with Gasteiger partial charge in [-0.15, -0.1) is 0 Å². The fourth-order valence-corrected chi connectivity index (χ4v) is 3.00. The third-order valence-electron chi connectivity index (χ3n) is 3.80. The van der Waals surface area contributed by atoms with Crippen LogP contribution in [0.2, 0.25) is 0 Å². The maximum Gasteiger partial charge on any atom is 0.227 e. The number of amides is 1. The van der Waals surface area contributed by atoms with Crippen LogP contribution < -0.4 is 4.74 Å². The summed E-state index contributed by atoms with van der Waals surface area (Å²) in [4.78, 5) is 18.3. The van der Waals surface area contributed by atoms with Crippen molar-refractivity contribution in [2.45, 2.75) is 19.4 Å². The van der Waals surface area contributed by atoms with Crippen LogP contribution in [-0.4, -0.2) is 35.1 Å². The first-order valence-corrected chi connectivity index (χ1v) is 8.82. The molecule has 1 amide bonds. The van der Waals surface area contributed by atoms with Crippen molar-refractivity contribution in [1.82, 2.24) is 15.0 Å². The molecular weight excluding hydrogens is 338 g/mol. The molecule has 0 saturated heterocycles. The molecule has 0 saturated carbocycles. The summed E-state index contributed by atoms with van der Waals surface area (Å²) < 4.78 is 10.4. The molecule has 0 aliphatic rings. The van der Waals surface area contributed by atoms with E-state index in [0.29, 0.717) is 31.1 Å². The molecule has 0 aliphatic heterocycles. The summed E-state index contributed by atoms with van der Waals surface area (Å²) in [6.45, 7) is 0.548. The van der Waals surface area contributed by atoms with Crippen LogP contribution in [0.25, 0.3) is 11.4 Å². The third kappa shape index (κ3) is 4.45. The number of carbonyl (C=O) groups is 1. The number of hydrogen-bond acceptors (Lipinski definition) is 6. The monoisotopic (exact) mass is 357 g/mol. The van der Waals surface area contributed by atoms with Crippen LogP contribution in [0.3, 0.4) is 0 Å². The molecular formula is C18H19N3O3S. The Bertz CT molecular complexity index is 812. The number of methoxy groups -OCH3 is 1. The number of carbonyl (C=O) groups excluding carboxylic acids is 1. The summed E-state index contributed by atoms with van der Waals surface area (Å²) in [5.41, 5.74) is 1.98. The second kappa shape index (κ2) is 7.94. The van der Waals surface area contributed by atoms with Gasteiger partial charge in [-0.3, -0.25) is 4.79 Å². The number of benzene rings is 1. The second-order valence-corrected chi connectivity index (χ2v) is 6.40. The maximum absolute atomic E-state index is 12.3. The van der Waals surface area contributed by atoms with E-state index in [1.807, 2.05) is 41.1 Å². The van der Waals surface area contributed by atoms with Crippen LogP contribution in [0.5, 0.6) is 5.75 Å². The Kier molecular flexibility index (Phi) is 5.45. The number of rotatable bonds is 7. The summed E-state index contributed by atoms with van der Waals surface area (Å²) in [6.07, 6.45) is 0.765. The lowest BCUT2D eigenvalue weighted by atomic mass is 10.2. The highest BCUT2D eigenvalue weighted by Crippen LogP contribution is 2.19. The van der Waals surface area contributed by atoms with Gasteiger partial charge in [-0.2, -0.15) is 16.3 Å². The second-order valence-electron chi connectivity index (χ2n) is 5.62. The minimum atomic E-state index is 0.0334. The molecule has 0 spiro atoms. The van der Waals surface area contributed by atoms with E-state index in [0.717, 1.165) is 16.9 Å². The van der Waals surface area contributed by atoms with Gasteiger partial charge in [0.1, 0.15) is 5.75 Å². The first-order chi connectivity index (χ1) is 12.2. The van der Waals surface area contributed by atoms with Gasteiger partial charge in [0.2, 0.25) is 17.6 Å². The van der Waals surface area contributed by atoms with E-state index in [9.17, 15) is 4.79 Å². The Morgan fingerprint density at radius 1 is 1.28 bits per heavy atom. The van der Waals surface area contributed by atoms with Crippen molar-refractivity contribution < 1.29 is 14.1 Å². The number of nitrogens with zero attached hydrogens (tertiary/aromatic N) is 3. The minimum absolute atomic E-state index is 0.0334. The van der Waals surface area contributed by atoms with Gasteiger partial charge in [0.25, 0.3) is 0 Å². The van der Waals surface area contributed by atoms with Crippen molar-refractivity contribution in [3.8, 4) is 17.1 Å². The van der Waals surface area contributed by atoms with Crippen LogP contribution in [0, 0.1) is 0 Å². The Morgan fingerprint density at radius 2 is 2.08 bits per heavy atom. The van der Waals surface area contributed by atoms with Crippen LogP contribution in [0.4, 0.5) is 0 Å². The Hall–Kier alpha value is -2.67. The molecule has 0 N–H and O–H groups in total. The zero-order chi connectivity index (χ0) is 17.6. The molecule has 3 aromatic rings. The minimum Gasteiger partial charge on any atom is -0.497 e. The molecule has 1 aromatic carbocycles. The van der Waals surface area contributed by atoms with Crippen molar-refractivity contribution in [3.05, 3.63) is 52.5 Å². The van der Waals surface area contributed by atoms with E-state index >= 15 is 0 Å². The summed E-state index contributed by atoms with van der Waals surface area (Å²) >= 11 is 1.58. The molecule has 7 heteroatoms. The van der Waals surface area contributed by atoms with Crippen molar-refractivity contribution in [3.63, 3.8) is 0 Å². The summed E-state index contributed by atoms with van der Waals surface area (Å²) in [5, 5.41) is 7.87. The highest BCUT2D eigenvalue weighted by Gasteiger charge is 2.14. The van der Waals surface area contributed by atoms with E-state index in [1.54, 1.807) is 30.4 Å². The molecule has 25 heavy (non-hydrogen) atoms. The lowest BCUT2D eigenvalue weighted by Gasteiger charge is -2.17. The average molecular weight is 357 g/mol. The fraction of sp³-hybridized carbons (Fsp3) is 0.278. The average Bonchev–Trinajstić information content (AvgIpc) is 3.31. The number of thiophene rings is 1. The van der Waals surface area contributed by atoms with Gasteiger partial charge in [0.15, 0.2) is 0 Å². The van der Waals surface area contributed by atoms with Crippen molar-refractivity contribution in [2.75, 3.05) is 14.2 Å². The molecule has 2 aromatic heterocycles. The molecule has 2 heterocycles. The van der Waals surface area contributed by atoms with Crippen LogP contribution in [-0.2, 0) is 17.8 Å². The van der Waals surface area contributed by atoms with Crippen LogP contribution in [0.15, 0.2) is 45.6 Å². The molecule has 6 nitrogen and oxygen atoms in total. The van der Waals surface area contributed by atoms with Gasteiger partial charge >= 0.3 is 0 Å².